The zero-order valence-corrected chi connectivity index (χ0v) is 8.88. The van der Waals surface area contributed by atoms with Crippen molar-refractivity contribution >= 4 is 11.6 Å². The van der Waals surface area contributed by atoms with Gasteiger partial charge in [-0.15, -0.1) is 0 Å². The molecule has 0 radical (unpaired) electrons. The Morgan fingerprint density at radius 3 is 2.92 bits per heavy atom. The van der Waals surface area contributed by atoms with Crippen LogP contribution >= 0.6 is 11.6 Å². The van der Waals surface area contributed by atoms with E-state index < -0.39 is 0 Å². The molecule has 0 aliphatic heterocycles. The molecule has 74 valence electrons. The smallest absolute Gasteiger partial charge is 0.0785 e. The van der Waals surface area contributed by atoms with Crippen LogP contribution in [-0.2, 0) is 6.54 Å². The summed E-state index contributed by atoms with van der Waals surface area (Å²) in [6, 6.07) is 0.557. The Balaban J connectivity index is 2.13. The minimum atomic E-state index is 0.557. The van der Waals surface area contributed by atoms with E-state index in [1.165, 1.54) is 0 Å². The first-order chi connectivity index (χ1) is 6.18. The molecule has 3 nitrogen and oxygen atoms in total. The number of aromatic nitrogens is 2. The van der Waals surface area contributed by atoms with Crippen molar-refractivity contribution in [2.24, 2.45) is 0 Å². The molecule has 0 bridgehead atoms. The van der Waals surface area contributed by atoms with Crippen LogP contribution in [0.4, 0.5) is 0 Å². The average molecular weight is 202 g/mol. The van der Waals surface area contributed by atoms with Crippen LogP contribution in [0.15, 0.2) is 12.4 Å². The molecule has 1 aromatic rings. The van der Waals surface area contributed by atoms with Gasteiger partial charge in [-0.25, -0.2) is 0 Å². The fourth-order valence-electron chi connectivity index (χ4n) is 1.09. The largest absolute Gasteiger partial charge is 0.314 e. The van der Waals surface area contributed by atoms with E-state index in [2.05, 4.69) is 24.3 Å². The summed E-state index contributed by atoms with van der Waals surface area (Å²) in [6.07, 6.45) is 4.59. The third-order valence-electron chi connectivity index (χ3n) is 1.72. The molecule has 13 heavy (non-hydrogen) atoms. The van der Waals surface area contributed by atoms with Crippen LogP contribution in [-0.4, -0.2) is 22.4 Å². The molecule has 0 aliphatic carbocycles. The van der Waals surface area contributed by atoms with Crippen molar-refractivity contribution in [2.75, 3.05) is 6.54 Å². The fraction of sp³-hybridized carbons (Fsp3) is 0.667. The van der Waals surface area contributed by atoms with Gasteiger partial charge < -0.3 is 5.32 Å². The maximum atomic E-state index is 5.72. The van der Waals surface area contributed by atoms with E-state index in [4.69, 9.17) is 11.6 Å². The molecule has 0 atom stereocenters. The number of hydrogen-bond acceptors (Lipinski definition) is 2. The lowest BCUT2D eigenvalue weighted by Crippen LogP contribution is -2.24. The second kappa shape index (κ2) is 5.25. The number of hydrogen-bond donors (Lipinski definition) is 1. The van der Waals surface area contributed by atoms with E-state index >= 15 is 0 Å². The van der Waals surface area contributed by atoms with Crippen molar-refractivity contribution in [1.82, 2.24) is 15.1 Å². The molecule has 0 aromatic carbocycles. The van der Waals surface area contributed by atoms with Gasteiger partial charge in [0.25, 0.3) is 0 Å². The van der Waals surface area contributed by atoms with Gasteiger partial charge in [0.2, 0.25) is 0 Å². The van der Waals surface area contributed by atoms with Crippen molar-refractivity contribution in [2.45, 2.75) is 32.9 Å². The molecule has 0 unspecified atom stereocenters. The van der Waals surface area contributed by atoms with Gasteiger partial charge in [-0.2, -0.15) is 5.10 Å². The van der Waals surface area contributed by atoms with Crippen LogP contribution in [0.1, 0.15) is 20.3 Å². The minimum Gasteiger partial charge on any atom is -0.314 e. The summed E-state index contributed by atoms with van der Waals surface area (Å²) in [5.74, 6) is 0. The Kier molecular flexibility index (Phi) is 4.25. The van der Waals surface area contributed by atoms with Gasteiger partial charge in [-0.3, -0.25) is 4.68 Å². The first kappa shape index (κ1) is 10.5. The predicted octanol–water partition coefficient (Wildman–Crippen LogP) is 1.92. The predicted molar refractivity (Wildman–Crippen MR) is 55.0 cm³/mol. The van der Waals surface area contributed by atoms with Gasteiger partial charge in [-0.1, -0.05) is 25.4 Å². The molecule has 1 rings (SSSR count). The average Bonchev–Trinajstić information content (AvgIpc) is 2.45. The first-order valence-corrected chi connectivity index (χ1v) is 4.97. The van der Waals surface area contributed by atoms with Gasteiger partial charge in [0.15, 0.2) is 0 Å². The van der Waals surface area contributed by atoms with E-state index in [-0.39, 0.29) is 0 Å². The summed E-state index contributed by atoms with van der Waals surface area (Å²) in [5, 5.41) is 8.14. The Bertz CT molecular complexity index is 245. The lowest BCUT2D eigenvalue weighted by Gasteiger charge is -2.07. The SMILES string of the molecule is CC(C)NCCCn1cc(Cl)cn1. The zero-order valence-electron chi connectivity index (χ0n) is 8.13. The summed E-state index contributed by atoms with van der Waals surface area (Å²) in [4.78, 5) is 0. The van der Waals surface area contributed by atoms with E-state index in [9.17, 15) is 0 Å². The summed E-state index contributed by atoms with van der Waals surface area (Å²) in [6.45, 7) is 6.23. The highest BCUT2D eigenvalue weighted by Crippen LogP contribution is 2.04. The van der Waals surface area contributed by atoms with Crippen LogP contribution in [0.3, 0.4) is 0 Å². The third kappa shape index (κ3) is 4.29. The quantitative estimate of drug-likeness (QED) is 0.738. The Morgan fingerprint density at radius 2 is 2.38 bits per heavy atom. The number of rotatable bonds is 5. The summed E-state index contributed by atoms with van der Waals surface area (Å²) >= 11 is 5.72. The number of nitrogens with zero attached hydrogens (tertiary/aromatic N) is 2. The molecule has 0 aliphatic rings. The third-order valence-corrected chi connectivity index (χ3v) is 1.91. The highest BCUT2D eigenvalue weighted by molar-refractivity contribution is 6.30. The molecule has 0 spiro atoms. The monoisotopic (exact) mass is 201 g/mol. The summed E-state index contributed by atoms with van der Waals surface area (Å²) in [5.41, 5.74) is 0. The Morgan fingerprint density at radius 1 is 1.62 bits per heavy atom. The van der Waals surface area contributed by atoms with E-state index in [0.29, 0.717) is 11.1 Å². The fourth-order valence-corrected chi connectivity index (χ4v) is 1.25. The number of aryl methyl sites for hydroxylation is 1. The van der Waals surface area contributed by atoms with Crippen LogP contribution in [0.5, 0.6) is 0 Å². The molecule has 0 saturated heterocycles. The topological polar surface area (TPSA) is 29.9 Å². The highest BCUT2D eigenvalue weighted by atomic mass is 35.5. The normalized spacial score (nSPS) is 11.1. The number of halogens is 1. The summed E-state index contributed by atoms with van der Waals surface area (Å²) in [7, 11) is 0. The molecule has 0 saturated carbocycles. The molecular formula is C9H16ClN3. The van der Waals surface area contributed by atoms with Crippen molar-refractivity contribution in [3.05, 3.63) is 17.4 Å². The van der Waals surface area contributed by atoms with Crippen molar-refractivity contribution in [3.8, 4) is 0 Å². The van der Waals surface area contributed by atoms with Crippen molar-refractivity contribution in [1.29, 1.82) is 0 Å². The van der Waals surface area contributed by atoms with Crippen LogP contribution in [0.25, 0.3) is 0 Å². The van der Waals surface area contributed by atoms with Crippen LogP contribution in [0, 0.1) is 0 Å². The molecule has 0 fully saturated rings. The maximum absolute atomic E-state index is 5.72. The van der Waals surface area contributed by atoms with E-state index in [0.717, 1.165) is 19.5 Å². The highest BCUT2D eigenvalue weighted by Gasteiger charge is 1.95. The second-order valence-electron chi connectivity index (χ2n) is 3.38. The summed E-state index contributed by atoms with van der Waals surface area (Å²) < 4.78 is 1.87. The molecule has 0 amide bonds. The Hall–Kier alpha value is -0.540. The Labute approximate surface area is 84.1 Å². The lowest BCUT2D eigenvalue weighted by atomic mass is 10.3. The maximum Gasteiger partial charge on any atom is 0.0785 e. The standard InChI is InChI=1S/C9H16ClN3/c1-8(2)11-4-3-5-13-7-9(10)6-12-13/h6-8,11H,3-5H2,1-2H3. The lowest BCUT2D eigenvalue weighted by molar-refractivity contribution is 0.513. The second-order valence-corrected chi connectivity index (χ2v) is 3.82. The molecule has 1 heterocycles. The van der Waals surface area contributed by atoms with Gasteiger partial charge in [-0.05, 0) is 13.0 Å². The molecule has 1 aromatic heterocycles. The minimum absolute atomic E-state index is 0.557. The van der Waals surface area contributed by atoms with Crippen molar-refractivity contribution < 1.29 is 0 Å². The van der Waals surface area contributed by atoms with E-state index in [1.54, 1.807) is 6.20 Å². The van der Waals surface area contributed by atoms with Gasteiger partial charge >= 0.3 is 0 Å². The number of nitrogens with one attached hydrogen (secondary N) is 1. The molecule has 1 N–H and O–H groups in total. The van der Waals surface area contributed by atoms with Gasteiger partial charge in [0.1, 0.15) is 0 Å². The first-order valence-electron chi connectivity index (χ1n) is 4.60. The van der Waals surface area contributed by atoms with Crippen molar-refractivity contribution in [3.63, 3.8) is 0 Å². The van der Waals surface area contributed by atoms with E-state index in [1.807, 2.05) is 10.9 Å². The molecule has 4 heteroatoms. The van der Waals surface area contributed by atoms with Gasteiger partial charge in [0, 0.05) is 18.8 Å². The van der Waals surface area contributed by atoms with Crippen LogP contribution < -0.4 is 5.32 Å². The van der Waals surface area contributed by atoms with Gasteiger partial charge in [0.05, 0.1) is 11.2 Å². The molecular weight excluding hydrogens is 186 g/mol. The van der Waals surface area contributed by atoms with Crippen LogP contribution in [0.2, 0.25) is 5.02 Å². The zero-order chi connectivity index (χ0) is 9.68.